The first-order chi connectivity index (χ1) is 8.59. The highest BCUT2D eigenvalue weighted by Crippen LogP contribution is 2.23. The summed E-state index contributed by atoms with van der Waals surface area (Å²) in [5.74, 6) is -0.753. The number of pyridine rings is 1. The fraction of sp³-hybridized carbons (Fsp3) is 0. The van der Waals surface area contributed by atoms with Crippen LogP contribution < -0.4 is 5.32 Å². The third kappa shape index (κ3) is 2.68. The molecule has 18 heavy (non-hydrogen) atoms. The van der Waals surface area contributed by atoms with Gasteiger partial charge in [0.2, 0.25) is 0 Å². The zero-order valence-electron chi connectivity index (χ0n) is 8.95. The number of carbonyl (C=O) groups excluding carboxylic acids is 1. The number of rotatable bonds is 2. The van der Waals surface area contributed by atoms with Crippen LogP contribution in [0.2, 0.25) is 5.02 Å². The summed E-state index contributed by atoms with van der Waals surface area (Å²) in [4.78, 5) is 15.9. The number of halogens is 3. The van der Waals surface area contributed by atoms with Gasteiger partial charge in [-0.05, 0) is 40.2 Å². The van der Waals surface area contributed by atoms with Crippen LogP contribution in [0.15, 0.2) is 41.0 Å². The molecule has 1 aromatic heterocycles. The summed E-state index contributed by atoms with van der Waals surface area (Å²) < 4.78 is 13.4. The molecular formula is C12H7BrClFN2O. The highest BCUT2D eigenvalue weighted by atomic mass is 79.9. The Labute approximate surface area is 116 Å². The topological polar surface area (TPSA) is 42.0 Å². The minimum atomic E-state index is -0.505. The van der Waals surface area contributed by atoms with Crippen LogP contribution in [0.3, 0.4) is 0 Å². The van der Waals surface area contributed by atoms with E-state index in [9.17, 15) is 9.18 Å². The number of hydrogen-bond donors (Lipinski definition) is 1. The molecule has 0 aliphatic heterocycles. The first-order valence-electron chi connectivity index (χ1n) is 4.95. The minimum absolute atomic E-state index is 0.106. The van der Waals surface area contributed by atoms with Crippen molar-refractivity contribution in [1.82, 2.24) is 4.98 Å². The summed E-state index contributed by atoms with van der Waals surface area (Å²) in [5, 5.41) is 2.83. The maximum atomic E-state index is 13.3. The first kappa shape index (κ1) is 13.0. The van der Waals surface area contributed by atoms with Crippen LogP contribution in [0, 0.1) is 5.82 Å². The van der Waals surface area contributed by atoms with Gasteiger partial charge in [0.05, 0.1) is 15.1 Å². The molecule has 0 saturated carbocycles. The van der Waals surface area contributed by atoms with Crippen LogP contribution in [0.1, 0.15) is 10.4 Å². The Morgan fingerprint density at radius 1 is 1.33 bits per heavy atom. The third-order valence-corrected chi connectivity index (χ3v) is 3.30. The Morgan fingerprint density at radius 3 is 2.83 bits per heavy atom. The second-order valence-corrected chi connectivity index (χ2v) is 4.59. The first-order valence-corrected chi connectivity index (χ1v) is 6.12. The Bertz CT molecular complexity index is 606. The Balaban J connectivity index is 2.28. The Hall–Kier alpha value is -1.46. The van der Waals surface area contributed by atoms with Gasteiger partial charge in [-0.15, -0.1) is 0 Å². The monoisotopic (exact) mass is 328 g/mol. The van der Waals surface area contributed by atoms with Crippen molar-refractivity contribution in [3.63, 3.8) is 0 Å². The van der Waals surface area contributed by atoms with Gasteiger partial charge in [0.1, 0.15) is 5.82 Å². The van der Waals surface area contributed by atoms with Crippen molar-refractivity contribution in [3.05, 3.63) is 57.4 Å². The van der Waals surface area contributed by atoms with Crippen molar-refractivity contribution in [2.75, 3.05) is 5.32 Å². The molecule has 0 atom stereocenters. The molecule has 3 nitrogen and oxygen atoms in total. The van der Waals surface area contributed by atoms with Gasteiger partial charge in [-0.2, -0.15) is 0 Å². The number of nitrogens with zero attached hydrogens (tertiary/aromatic N) is 1. The molecule has 92 valence electrons. The van der Waals surface area contributed by atoms with Crippen molar-refractivity contribution < 1.29 is 9.18 Å². The molecule has 2 aromatic rings. The van der Waals surface area contributed by atoms with Crippen molar-refractivity contribution in [1.29, 1.82) is 0 Å². The quantitative estimate of drug-likeness (QED) is 0.908. The van der Waals surface area contributed by atoms with E-state index < -0.39 is 11.7 Å². The summed E-state index contributed by atoms with van der Waals surface area (Å²) in [6.07, 6.45) is 1.50. The van der Waals surface area contributed by atoms with Gasteiger partial charge >= 0.3 is 0 Å². The normalized spacial score (nSPS) is 10.2. The van der Waals surface area contributed by atoms with Gasteiger partial charge < -0.3 is 5.32 Å². The van der Waals surface area contributed by atoms with E-state index >= 15 is 0 Å². The van der Waals surface area contributed by atoms with Gasteiger partial charge in [0.15, 0.2) is 5.82 Å². The lowest BCUT2D eigenvalue weighted by atomic mass is 10.2. The van der Waals surface area contributed by atoms with E-state index in [0.717, 1.165) is 0 Å². The molecule has 0 bridgehead atoms. The van der Waals surface area contributed by atoms with E-state index in [-0.39, 0.29) is 15.9 Å². The average Bonchev–Trinajstić information content (AvgIpc) is 2.35. The maximum Gasteiger partial charge on any atom is 0.258 e. The fourth-order valence-corrected chi connectivity index (χ4v) is 1.94. The number of carbonyl (C=O) groups is 1. The van der Waals surface area contributed by atoms with E-state index in [1.807, 2.05) is 0 Å². The molecule has 0 fully saturated rings. The largest absolute Gasteiger partial charge is 0.305 e. The molecule has 0 radical (unpaired) electrons. The molecule has 1 N–H and O–H groups in total. The van der Waals surface area contributed by atoms with Crippen LogP contribution >= 0.6 is 27.5 Å². The zero-order valence-corrected chi connectivity index (χ0v) is 11.3. The number of aromatic nitrogens is 1. The minimum Gasteiger partial charge on any atom is -0.305 e. The van der Waals surface area contributed by atoms with E-state index in [0.29, 0.717) is 5.02 Å². The summed E-state index contributed by atoms with van der Waals surface area (Å²) in [6.45, 7) is 0. The number of amides is 1. The van der Waals surface area contributed by atoms with Gasteiger partial charge in [-0.25, -0.2) is 9.37 Å². The molecule has 6 heteroatoms. The summed E-state index contributed by atoms with van der Waals surface area (Å²) in [7, 11) is 0. The number of anilines is 1. The highest BCUT2D eigenvalue weighted by molar-refractivity contribution is 9.10. The van der Waals surface area contributed by atoms with Crippen LogP contribution in [0.4, 0.5) is 10.2 Å². The standard InChI is InChI=1S/C12H7BrClFN2O/c13-10-7(3-1-5-9(10)15)12(18)17-11-8(14)4-2-6-16-11/h1-6H,(H,16,17,18). The van der Waals surface area contributed by atoms with Crippen LogP contribution in [-0.2, 0) is 0 Å². The zero-order chi connectivity index (χ0) is 13.1. The SMILES string of the molecule is O=C(Nc1ncccc1Cl)c1cccc(F)c1Br. The van der Waals surface area contributed by atoms with Crippen LogP contribution in [0.25, 0.3) is 0 Å². The third-order valence-electron chi connectivity index (χ3n) is 2.19. The lowest BCUT2D eigenvalue weighted by Crippen LogP contribution is -2.14. The molecular weight excluding hydrogens is 322 g/mol. The van der Waals surface area contributed by atoms with Gasteiger partial charge in [-0.3, -0.25) is 4.79 Å². The number of benzene rings is 1. The second kappa shape index (κ2) is 5.46. The van der Waals surface area contributed by atoms with E-state index in [1.165, 1.54) is 24.4 Å². The molecule has 1 heterocycles. The van der Waals surface area contributed by atoms with Crippen molar-refractivity contribution in [3.8, 4) is 0 Å². The number of nitrogens with one attached hydrogen (secondary N) is 1. The predicted molar refractivity (Wildman–Crippen MR) is 71.3 cm³/mol. The average molecular weight is 330 g/mol. The molecule has 0 aliphatic carbocycles. The van der Waals surface area contributed by atoms with Crippen molar-refractivity contribution in [2.24, 2.45) is 0 Å². The van der Waals surface area contributed by atoms with Gasteiger partial charge in [0.25, 0.3) is 5.91 Å². The summed E-state index contributed by atoms with van der Waals surface area (Å²) in [6, 6.07) is 7.46. The number of hydrogen-bond acceptors (Lipinski definition) is 2. The second-order valence-electron chi connectivity index (χ2n) is 3.39. The summed E-state index contributed by atoms with van der Waals surface area (Å²) in [5.41, 5.74) is 0.178. The highest BCUT2D eigenvalue weighted by Gasteiger charge is 2.14. The lowest BCUT2D eigenvalue weighted by molar-refractivity contribution is 0.102. The van der Waals surface area contributed by atoms with E-state index in [1.54, 1.807) is 12.1 Å². The lowest BCUT2D eigenvalue weighted by Gasteiger charge is -2.07. The predicted octanol–water partition coefficient (Wildman–Crippen LogP) is 3.89. The van der Waals surface area contributed by atoms with Crippen molar-refractivity contribution >= 4 is 39.3 Å². The van der Waals surface area contributed by atoms with Crippen LogP contribution in [0.5, 0.6) is 0 Å². The van der Waals surface area contributed by atoms with Gasteiger partial charge in [-0.1, -0.05) is 17.7 Å². The van der Waals surface area contributed by atoms with E-state index in [4.69, 9.17) is 11.6 Å². The van der Waals surface area contributed by atoms with Crippen molar-refractivity contribution in [2.45, 2.75) is 0 Å². The molecule has 0 aliphatic rings. The van der Waals surface area contributed by atoms with Gasteiger partial charge in [0, 0.05) is 6.20 Å². The summed E-state index contributed by atoms with van der Waals surface area (Å²) >= 11 is 8.89. The molecule has 0 spiro atoms. The molecule has 0 saturated heterocycles. The maximum absolute atomic E-state index is 13.3. The molecule has 2 rings (SSSR count). The Kier molecular flexibility index (Phi) is 3.93. The van der Waals surface area contributed by atoms with Crippen LogP contribution in [-0.4, -0.2) is 10.9 Å². The smallest absolute Gasteiger partial charge is 0.258 e. The molecule has 1 aromatic carbocycles. The van der Waals surface area contributed by atoms with E-state index in [2.05, 4.69) is 26.2 Å². The molecule has 0 unspecified atom stereocenters. The molecule has 1 amide bonds. The Morgan fingerprint density at radius 2 is 2.11 bits per heavy atom. The fourth-order valence-electron chi connectivity index (χ4n) is 1.33.